The van der Waals surface area contributed by atoms with Crippen LogP contribution < -0.4 is 0 Å². The quantitative estimate of drug-likeness (QED) is 0.424. The van der Waals surface area contributed by atoms with E-state index >= 15 is 0 Å². The van der Waals surface area contributed by atoms with E-state index in [9.17, 15) is 9.90 Å². The van der Waals surface area contributed by atoms with E-state index in [-0.39, 0.29) is 17.4 Å². The van der Waals surface area contributed by atoms with Crippen LogP contribution in [0.15, 0.2) is 36.4 Å². The molecule has 3 nitrogen and oxygen atoms in total. The maximum absolute atomic E-state index is 11.1. The molecule has 0 spiro atoms. The summed E-state index contributed by atoms with van der Waals surface area (Å²) in [6.07, 6.45) is 9.30. The van der Waals surface area contributed by atoms with Gasteiger partial charge in [-0.1, -0.05) is 64.1 Å². The number of hydrogen-bond donors (Lipinski definition) is 2. The van der Waals surface area contributed by atoms with Crippen molar-refractivity contribution in [1.29, 1.82) is 0 Å². The van der Waals surface area contributed by atoms with E-state index in [4.69, 9.17) is 5.11 Å². The molecule has 160 valence electrons. The van der Waals surface area contributed by atoms with Gasteiger partial charge in [-0.15, -0.1) is 0 Å². The Hall–Kier alpha value is -2.39. The SMILES string of the molecule is CC1(C)CCC(C)(C)c2cc(CCCCO)c(/C=C/c3ccc(C(=O)O)cc3)cc21. The molecular formula is C27H34O3. The van der Waals surface area contributed by atoms with Gasteiger partial charge in [-0.2, -0.15) is 0 Å². The molecule has 0 saturated carbocycles. The Balaban J connectivity index is 2.01. The molecule has 30 heavy (non-hydrogen) atoms. The fraction of sp³-hybridized carbons (Fsp3) is 0.444. The Morgan fingerprint density at radius 2 is 1.53 bits per heavy atom. The molecule has 0 aromatic heterocycles. The van der Waals surface area contributed by atoms with Crippen LogP contribution in [0.3, 0.4) is 0 Å². The zero-order valence-corrected chi connectivity index (χ0v) is 18.7. The van der Waals surface area contributed by atoms with Crippen LogP contribution in [0.5, 0.6) is 0 Å². The molecule has 0 amide bonds. The van der Waals surface area contributed by atoms with Crippen molar-refractivity contribution in [1.82, 2.24) is 0 Å². The lowest BCUT2D eigenvalue weighted by Crippen LogP contribution is -2.34. The smallest absolute Gasteiger partial charge is 0.335 e. The lowest BCUT2D eigenvalue weighted by Gasteiger charge is -2.42. The van der Waals surface area contributed by atoms with Gasteiger partial charge in [-0.05, 0) is 82.9 Å². The number of aromatic carboxylic acids is 1. The first-order valence-corrected chi connectivity index (χ1v) is 10.9. The van der Waals surface area contributed by atoms with E-state index in [0.29, 0.717) is 5.56 Å². The van der Waals surface area contributed by atoms with E-state index in [1.807, 2.05) is 12.1 Å². The zero-order valence-electron chi connectivity index (χ0n) is 18.7. The molecule has 3 rings (SSSR count). The first-order chi connectivity index (χ1) is 14.1. The highest BCUT2D eigenvalue weighted by Gasteiger charge is 2.37. The number of unbranched alkanes of at least 4 members (excludes halogenated alkanes) is 1. The van der Waals surface area contributed by atoms with E-state index < -0.39 is 5.97 Å². The van der Waals surface area contributed by atoms with Crippen molar-refractivity contribution in [3.05, 3.63) is 69.8 Å². The normalized spacial score (nSPS) is 17.1. The Kier molecular flexibility index (Phi) is 6.52. The summed E-state index contributed by atoms with van der Waals surface area (Å²) < 4.78 is 0. The van der Waals surface area contributed by atoms with Crippen molar-refractivity contribution in [2.45, 2.75) is 70.6 Å². The Labute approximate surface area is 180 Å². The van der Waals surface area contributed by atoms with Crippen LogP contribution in [0.1, 0.15) is 91.6 Å². The molecular weight excluding hydrogens is 372 g/mol. The summed E-state index contributed by atoms with van der Waals surface area (Å²) in [7, 11) is 0. The Bertz CT molecular complexity index is 933. The number of carbonyl (C=O) groups is 1. The lowest BCUT2D eigenvalue weighted by molar-refractivity contribution is 0.0697. The zero-order chi connectivity index (χ0) is 21.9. The molecule has 0 atom stereocenters. The molecule has 2 aromatic rings. The molecule has 0 unspecified atom stereocenters. The molecule has 1 aliphatic rings. The first kappa shape index (κ1) is 22.3. The van der Waals surface area contributed by atoms with Crippen LogP contribution in [0.4, 0.5) is 0 Å². The van der Waals surface area contributed by atoms with Crippen LogP contribution in [-0.2, 0) is 17.3 Å². The minimum Gasteiger partial charge on any atom is -0.478 e. The van der Waals surface area contributed by atoms with Crippen LogP contribution in [-0.4, -0.2) is 22.8 Å². The largest absolute Gasteiger partial charge is 0.478 e. The molecule has 0 bridgehead atoms. The second kappa shape index (κ2) is 8.77. The van der Waals surface area contributed by atoms with Crippen molar-refractivity contribution in [2.24, 2.45) is 0 Å². The van der Waals surface area contributed by atoms with Gasteiger partial charge in [0.25, 0.3) is 0 Å². The van der Waals surface area contributed by atoms with Crippen molar-refractivity contribution in [3.63, 3.8) is 0 Å². The average molecular weight is 407 g/mol. The van der Waals surface area contributed by atoms with Crippen molar-refractivity contribution in [3.8, 4) is 0 Å². The highest BCUT2D eigenvalue weighted by Crippen LogP contribution is 2.46. The predicted molar refractivity (Wildman–Crippen MR) is 124 cm³/mol. The third kappa shape index (κ3) is 4.84. The average Bonchev–Trinajstić information content (AvgIpc) is 2.70. The third-order valence-electron chi connectivity index (χ3n) is 6.58. The predicted octanol–water partition coefficient (Wildman–Crippen LogP) is 6.22. The number of rotatable bonds is 7. The van der Waals surface area contributed by atoms with Gasteiger partial charge in [0, 0.05) is 6.61 Å². The summed E-state index contributed by atoms with van der Waals surface area (Å²) >= 11 is 0. The van der Waals surface area contributed by atoms with Gasteiger partial charge in [0.05, 0.1) is 5.56 Å². The fourth-order valence-corrected chi connectivity index (χ4v) is 4.40. The Morgan fingerprint density at radius 3 is 2.10 bits per heavy atom. The van der Waals surface area contributed by atoms with Crippen molar-refractivity contribution >= 4 is 18.1 Å². The van der Waals surface area contributed by atoms with E-state index in [1.54, 1.807) is 12.1 Å². The summed E-state index contributed by atoms with van der Waals surface area (Å²) in [5, 5.41) is 18.3. The van der Waals surface area contributed by atoms with Gasteiger partial charge in [-0.3, -0.25) is 0 Å². The number of hydrogen-bond acceptors (Lipinski definition) is 2. The number of carboxylic acids is 1. The van der Waals surface area contributed by atoms with Gasteiger partial charge in [0.1, 0.15) is 0 Å². The number of benzene rings is 2. The minimum atomic E-state index is -0.906. The maximum atomic E-state index is 11.1. The van der Waals surface area contributed by atoms with Crippen LogP contribution in [0, 0.1) is 0 Å². The van der Waals surface area contributed by atoms with E-state index in [2.05, 4.69) is 52.0 Å². The topological polar surface area (TPSA) is 57.5 Å². The number of aryl methyl sites for hydroxylation is 1. The highest BCUT2D eigenvalue weighted by atomic mass is 16.4. The van der Waals surface area contributed by atoms with Gasteiger partial charge in [0.15, 0.2) is 0 Å². The van der Waals surface area contributed by atoms with Gasteiger partial charge < -0.3 is 10.2 Å². The molecule has 2 N–H and O–H groups in total. The number of fused-ring (bicyclic) bond motifs is 1. The van der Waals surface area contributed by atoms with Gasteiger partial charge >= 0.3 is 5.97 Å². The molecule has 0 heterocycles. The maximum Gasteiger partial charge on any atom is 0.335 e. The molecule has 1 aliphatic carbocycles. The van der Waals surface area contributed by atoms with E-state index in [1.165, 1.54) is 35.1 Å². The molecule has 0 saturated heterocycles. The summed E-state index contributed by atoms with van der Waals surface area (Å²) in [5.74, 6) is -0.906. The second-order valence-electron chi connectivity index (χ2n) is 9.81. The van der Waals surface area contributed by atoms with E-state index in [0.717, 1.165) is 24.8 Å². The number of aliphatic hydroxyl groups excluding tert-OH is 1. The number of carboxylic acid groups (broad SMARTS) is 1. The molecule has 0 radical (unpaired) electrons. The van der Waals surface area contributed by atoms with Crippen molar-refractivity contribution in [2.75, 3.05) is 6.61 Å². The second-order valence-corrected chi connectivity index (χ2v) is 9.81. The van der Waals surface area contributed by atoms with Gasteiger partial charge in [0.2, 0.25) is 0 Å². The van der Waals surface area contributed by atoms with Crippen molar-refractivity contribution < 1.29 is 15.0 Å². The summed E-state index contributed by atoms with van der Waals surface area (Å²) in [6, 6.07) is 11.7. The monoisotopic (exact) mass is 406 g/mol. The lowest BCUT2D eigenvalue weighted by atomic mass is 9.62. The Morgan fingerprint density at radius 1 is 0.933 bits per heavy atom. The molecule has 3 heteroatoms. The molecule has 2 aromatic carbocycles. The van der Waals surface area contributed by atoms with Gasteiger partial charge in [-0.25, -0.2) is 4.79 Å². The van der Waals surface area contributed by atoms with Crippen LogP contribution in [0.25, 0.3) is 12.2 Å². The molecule has 0 aliphatic heterocycles. The standard InChI is InChI=1S/C27H34O3/c1-26(2)14-15-27(3,4)24-18-22(21(17-23(24)26)7-5-6-16-28)13-10-19-8-11-20(12-9-19)25(29)30/h8-13,17-18,28H,5-7,14-16H2,1-4H3,(H,29,30)/b13-10+. The summed E-state index contributed by atoms with van der Waals surface area (Å²) in [5.41, 5.74) is 7.05. The first-order valence-electron chi connectivity index (χ1n) is 10.9. The third-order valence-corrected chi connectivity index (χ3v) is 6.58. The van der Waals surface area contributed by atoms with Crippen LogP contribution >= 0.6 is 0 Å². The van der Waals surface area contributed by atoms with Crippen LogP contribution in [0.2, 0.25) is 0 Å². The summed E-state index contributed by atoms with van der Waals surface area (Å²) in [4.78, 5) is 11.1. The number of aliphatic hydroxyl groups is 1. The molecule has 0 fully saturated rings. The summed E-state index contributed by atoms with van der Waals surface area (Å²) in [6.45, 7) is 9.59. The highest BCUT2D eigenvalue weighted by molar-refractivity contribution is 5.88. The minimum absolute atomic E-state index is 0.153. The fourth-order valence-electron chi connectivity index (χ4n) is 4.40.